The van der Waals surface area contributed by atoms with Crippen molar-refractivity contribution < 1.29 is 5.11 Å². The molecule has 0 radical (unpaired) electrons. The molecule has 0 aliphatic heterocycles. The maximum atomic E-state index is 10.5. The number of aliphatic hydroxyl groups is 1. The first-order valence-corrected chi connectivity index (χ1v) is 6.43. The number of aliphatic hydroxyl groups excluding tert-OH is 1. The van der Waals surface area contributed by atoms with E-state index in [1.54, 1.807) is 12.4 Å². The second-order valence-electron chi connectivity index (χ2n) is 5.07. The lowest BCUT2D eigenvalue weighted by atomic mass is 9.71. The molecule has 3 unspecified atom stereocenters. The van der Waals surface area contributed by atoms with E-state index in [1.807, 2.05) is 12.1 Å². The highest BCUT2D eigenvalue weighted by Gasteiger charge is 2.34. The zero-order valence-electron chi connectivity index (χ0n) is 10.5. The Kier molecular flexibility index (Phi) is 2.88. The minimum Gasteiger partial charge on any atom is -0.392 e. The fourth-order valence-corrected chi connectivity index (χ4v) is 2.81. The van der Waals surface area contributed by atoms with E-state index in [1.165, 1.54) is 11.1 Å². The standard InChI is InChI=1S/C16H17NO/c1-11(12-6-8-17-9-7-12)16(18)15-10-13-4-2-3-5-14(13)15/h2-9,11,15-16,18H,10H2,1H3. The third kappa shape index (κ3) is 1.83. The third-order valence-electron chi connectivity index (χ3n) is 4.05. The molecule has 1 aromatic heterocycles. The Morgan fingerprint density at radius 2 is 1.89 bits per heavy atom. The van der Waals surface area contributed by atoms with Gasteiger partial charge in [-0.2, -0.15) is 0 Å². The Morgan fingerprint density at radius 3 is 2.61 bits per heavy atom. The van der Waals surface area contributed by atoms with Crippen molar-refractivity contribution in [3.05, 3.63) is 65.5 Å². The average molecular weight is 239 g/mol. The molecule has 2 aromatic rings. The number of aromatic nitrogens is 1. The van der Waals surface area contributed by atoms with E-state index in [0.717, 1.165) is 12.0 Å². The lowest BCUT2D eigenvalue weighted by molar-refractivity contribution is 0.109. The van der Waals surface area contributed by atoms with Gasteiger partial charge in [0.2, 0.25) is 0 Å². The van der Waals surface area contributed by atoms with Gasteiger partial charge in [0.05, 0.1) is 6.10 Å². The Balaban J connectivity index is 1.79. The number of rotatable bonds is 3. The van der Waals surface area contributed by atoms with Gasteiger partial charge in [-0.3, -0.25) is 4.98 Å². The van der Waals surface area contributed by atoms with Gasteiger partial charge in [-0.05, 0) is 35.2 Å². The number of hydrogen-bond donors (Lipinski definition) is 1. The Hall–Kier alpha value is -1.67. The van der Waals surface area contributed by atoms with Gasteiger partial charge < -0.3 is 5.11 Å². The van der Waals surface area contributed by atoms with Crippen molar-refractivity contribution >= 4 is 0 Å². The third-order valence-corrected chi connectivity index (χ3v) is 4.05. The molecular formula is C16H17NO. The van der Waals surface area contributed by atoms with Gasteiger partial charge in [0.25, 0.3) is 0 Å². The Labute approximate surface area is 107 Å². The van der Waals surface area contributed by atoms with Crippen LogP contribution in [0.4, 0.5) is 0 Å². The molecule has 0 amide bonds. The normalized spacial score (nSPS) is 20.7. The predicted octanol–water partition coefficient (Wildman–Crippen LogP) is 2.89. The highest BCUT2D eigenvalue weighted by Crippen LogP contribution is 2.41. The van der Waals surface area contributed by atoms with Crippen LogP contribution in [-0.4, -0.2) is 16.2 Å². The van der Waals surface area contributed by atoms with E-state index in [4.69, 9.17) is 0 Å². The second-order valence-corrected chi connectivity index (χ2v) is 5.07. The van der Waals surface area contributed by atoms with Crippen LogP contribution in [0, 0.1) is 0 Å². The molecule has 1 aliphatic rings. The van der Waals surface area contributed by atoms with Crippen molar-refractivity contribution in [2.75, 3.05) is 0 Å². The zero-order chi connectivity index (χ0) is 12.5. The fourth-order valence-electron chi connectivity index (χ4n) is 2.81. The van der Waals surface area contributed by atoms with E-state index >= 15 is 0 Å². The van der Waals surface area contributed by atoms with Crippen LogP contribution in [0.2, 0.25) is 0 Å². The molecule has 1 aliphatic carbocycles. The lowest BCUT2D eigenvalue weighted by Crippen LogP contribution is -2.32. The van der Waals surface area contributed by atoms with E-state index in [0.29, 0.717) is 0 Å². The fraction of sp³-hybridized carbons (Fsp3) is 0.312. The van der Waals surface area contributed by atoms with E-state index in [-0.39, 0.29) is 17.9 Å². The van der Waals surface area contributed by atoms with Crippen LogP contribution in [0.1, 0.15) is 35.4 Å². The van der Waals surface area contributed by atoms with Gasteiger partial charge in [-0.25, -0.2) is 0 Å². The minimum atomic E-state index is -0.317. The summed E-state index contributed by atoms with van der Waals surface area (Å²) in [6.45, 7) is 2.08. The van der Waals surface area contributed by atoms with Crippen molar-refractivity contribution in [1.29, 1.82) is 0 Å². The minimum absolute atomic E-state index is 0.145. The SMILES string of the molecule is CC(c1ccncc1)C(O)C1Cc2ccccc21. The highest BCUT2D eigenvalue weighted by atomic mass is 16.3. The topological polar surface area (TPSA) is 33.1 Å². The average Bonchev–Trinajstić information content (AvgIpc) is 2.40. The summed E-state index contributed by atoms with van der Waals surface area (Å²) in [4.78, 5) is 4.02. The summed E-state index contributed by atoms with van der Waals surface area (Å²) in [5, 5.41) is 10.5. The lowest BCUT2D eigenvalue weighted by Gasteiger charge is -2.36. The number of hydrogen-bond acceptors (Lipinski definition) is 2. The van der Waals surface area contributed by atoms with Crippen molar-refractivity contribution in [2.24, 2.45) is 0 Å². The summed E-state index contributed by atoms with van der Waals surface area (Å²) < 4.78 is 0. The summed E-state index contributed by atoms with van der Waals surface area (Å²) in [6.07, 6.45) is 4.25. The van der Waals surface area contributed by atoms with Gasteiger partial charge in [0.1, 0.15) is 0 Å². The summed E-state index contributed by atoms with van der Waals surface area (Å²) in [5.74, 6) is 0.427. The molecule has 2 heteroatoms. The van der Waals surface area contributed by atoms with Gasteiger partial charge >= 0.3 is 0 Å². The first kappa shape index (κ1) is 11.4. The van der Waals surface area contributed by atoms with Gasteiger partial charge in [0, 0.05) is 24.2 Å². The summed E-state index contributed by atoms with van der Waals surface area (Å²) in [6, 6.07) is 12.4. The highest BCUT2D eigenvalue weighted by molar-refractivity contribution is 5.41. The molecule has 1 heterocycles. The smallest absolute Gasteiger partial charge is 0.0677 e. The van der Waals surface area contributed by atoms with Crippen LogP contribution >= 0.6 is 0 Å². The summed E-state index contributed by atoms with van der Waals surface area (Å²) >= 11 is 0. The van der Waals surface area contributed by atoms with Gasteiger partial charge in [-0.15, -0.1) is 0 Å². The molecule has 18 heavy (non-hydrogen) atoms. The molecule has 0 saturated carbocycles. The first-order chi connectivity index (χ1) is 8.77. The monoisotopic (exact) mass is 239 g/mol. The number of pyridine rings is 1. The molecule has 0 spiro atoms. The largest absolute Gasteiger partial charge is 0.392 e. The van der Waals surface area contributed by atoms with Crippen LogP contribution in [0.5, 0.6) is 0 Å². The molecule has 3 rings (SSSR count). The van der Waals surface area contributed by atoms with Crippen molar-refractivity contribution in [2.45, 2.75) is 31.3 Å². The predicted molar refractivity (Wildman–Crippen MR) is 71.5 cm³/mol. The molecule has 0 fully saturated rings. The van der Waals surface area contributed by atoms with Crippen molar-refractivity contribution in [3.63, 3.8) is 0 Å². The van der Waals surface area contributed by atoms with E-state index in [9.17, 15) is 5.11 Å². The Bertz CT molecular complexity index is 536. The van der Waals surface area contributed by atoms with E-state index in [2.05, 4.69) is 36.2 Å². The van der Waals surface area contributed by atoms with Crippen LogP contribution in [0.3, 0.4) is 0 Å². The molecule has 0 bridgehead atoms. The number of benzene rings is 1. The maximum absolute atomic E-state index is 10.5. The van der Waals surface area contributed by atoms with Crippen LogP contribution < -0.4 is 0 Å². The van der Waals surface area contributed by atoms with Gasteiger partial charge in [-0.1, -0.05) is 31.2 Å². The second kappa shape index (κ2) is 4.54. The van der Waals surface area contributed by atoms with Crippen LogP contribution in [-0.2, 0) is 6.42 Å². The summed E-state index contributed by atoms with van der Waals surface area (Å²) in [7, 11) is 0. The van der Waals surface area contributed by atoms with E-state index < -0.39 is 0 Å². The van der Waals surface area contributed by atoms with Crippen LogP contribution in [0.25, 0.3) is 0 Å². The molecule has 3 atom stereocenters. The molecule has 2 nitrogen and oxygen atoms in total. The number of nitrogens with zero attached hydrogens (tertiary/aromatic N) is 1. The van der Waals surface area contributed by atoms with Crippen molar-refractivity contribution in [3.8, 4) is 0 Å². The molecule has 1 aromatic carbocycles. The van der Waals surface area contributed by atoms with Crippen LogP contribution in [0.15, 0.2) is 48.8 Å². The van der Waals surface area contributed by atoms with Gasteiger partial charge in [0.15, 0.2) is 0 Å². The maximum Gasteiger partial charge on any atom is 0.0677 e. The Morgan fingerprint density at radius 1 is 1.17 bits per heavy atom. The quantitative estimate of drug-likeness (QED) is 0.893. The number of fused-ring (bicyclic) bond motifs is 1. The molecular weight excluding hydrogens is 222 g/mol. The molecule has 92 valence electrons. The molecule has 0 saturated heterocycles. The molecule has 1 N–H and O–H groups in total. The summed E-state index contributed by atoms with van der Waals surface area (Å²) in [5.41, 5.74) is 3.84. The van der Waals surface area contributed by atoms with Crippen molar-refractivity contribution in [1.82, 2.24) is 4.98 Å². The first-order valence-electron chi connectivity index (χ1n) is 6.43. The zero-order valence-corrected chi connectivity index (χ0v) is 10.5.